The summed E-state index contributed by atoms with van der Waals surface area (Å²) in [6.45, 7) is 0. The van der Waals surface area contributed by atoms with Crippen LogP contribution in [0.4, 0.5) is 11.9 Å². The number of nitrogens with zero attached hydrogens (tertiary/aromatic N) is 4. The predicted octanol–water partition coefficient (Wildman–Crippen LogP) is 4.49. The number of anilines is 2. The topological polar surface area (TPSA) is 141 Å². The normalized spacial score (nSPS) is 11.2. The van der Waals surface area contributed by atoms with Gasteiger partial charge in [0.1, 0.15) is 0 Å². The molecule has 5 N–H and O–H groups in total. The number of thioether (sulfide) groups is 1. The van der Waals surface area contributed by atoms with Gasteiger partial charge in [-0.25, -0.2) is 24.7 Å². The highest BCUT2D eigenvalue weighted by atomic mass is 32.2. The summed E-state index contributed by atoms with van der Waals surface area (Å²) in [5.74, 6) is -0.589. The van der Waals surface area contributed by atoms with Crippen molar-refractivity contribution < 1.29 is 9.90 Å². The minimum atomic E-state index is -0.997. The smallest absolute Gasteiger partial charge is 0.336 e. The first kappa shape index (κ1) is 20.7. The van der Waals surface area contributed by atoms with Crippen LogP contribution in [-0.4, -0.2) is 37.3 Å². The highest BCUT2D eigenvalue weighted by Gasteiger charge is 2.20. The Morgan fingerprint density at radius 1 is 0.848 bits per heavy atom. The summed E-state index contributed by atoms with van der Waals surface area (Å²) in [4.78, 5) is 29.6. The number of carbonyl (C=O) groups is 1. The van der Waals surface area contributed by atoms with Crippen molar-refractivity contribution in [2.75, 3.05) is 17.7 Å². The van der Waals surface area contributed by atoms with Gasteiger partial charge in [0.25, 0.3) is 0 Å². The number of aromatic nitrogens is 4. The fourth-order valence-electron chi connectivity index (χ4n) is 3.91. The maximum Gasteiger partial charge on any atom is 0.336 e. The minimum Gasteiger partial charge on any atom is -0.478 e. The third-order valence-corrected chi connectivity index (χ3v) is 6.22. The molecule has 0 atom stereocenters. The van der Waals surface area contributed by atoms with Gasteiger partial charge in [-0.1, -0.05) is 18.2 Å². The van der Waals surface area contributed by atoms with Gasteiger partial charge in [0.15, 0.2) is 0 Å². The SMILES string of the molecule is CSc1c(-c2ccc3nc(N)ncc3c2)ccc(C(=O)O)c1-c1ccc2nc(N)ncc2c1. The fraction of sp³-hybridized carbons (Fsp3) is 0.0417. The van der Waals surface area contributed by atoms with E-state index in [1.165, 1.54) is 11.8 Å². The second kappa shape index (κ2) is 8.03. The van der Waals surface area contributed by atoms with Crippen molar-refractivity contribution in [1.82, 2.24) is 19.9 Å². The second-order valence-corrected chi connectivity index (χ2v) is 8.19. The maximum atomic E-state index is 12.1. The number of nitrogens with two attached hydrogens (primary N) is 2. The number of fused-ring (bicyclic) bond motifs is 2. The molecule has 9 heteroatoms. The number of hydrogen-bond donors (Lipinski definition) is 3. The predicted molar refractivity (Wildman–Crippen MR) is 131 cm³/mol. The van der Waals surface area contributed by atoms with Gasteiger partial charge in [-0.15, -0.1) is 11.8 Å². The van der Waals surface area contributed by atoms with Crippen LogP contribution in [0.5, 0.6) is 0 Å². The Balaban J connectivity index is 1.75. The third-order valence-electron chi connectivity index (χ3n) is 5.39. The zero-order valence-corrected chi connectivity index (χ0v) is 18.3. The van der Waals surface area contributed by atoms with E-state index in [2.05, 4.69) is 19.9 Å². The molecule has 0 aliphatic heterocycles. The molecule has 8 nitrogen and oxygen atoms in total. The van der Waals surface area contributed by atoms with E-state index in [1.54, 1.807) is 18.5 Å². The highest BCUT2D eigenvalue weighted by Crippen LogP contribution is 2.42. The summed E-state index contributed by atoms with van der Waals surface area (Å²) in [6, 6.07) is 14.9. The molecule has 0 amide bonds. The third kappa shape index (κ3) is 3.68. The zero-order chi connectivity index (χ0) is 23.1. The Kier molecular flexibility index (Phi) is 5.02. The van der Waals surface area contributed by atoms with Crippen LogP contribution in [0.15, 0.2) is 65.8 Å². The number of nitrogen functional groups attached to an aromatic ring is 2. The van der Waals surface area contributed by atoms with Crippen LogP contribution in [0.3, 0.4) is 0 Å². The van der Waals surface area contributed by atoms with Gasteiger partial charge >= 0.3 is 5.97 Å². The fourth-order valence-corrected chi connectivity index (χ4v) is 4.74. The van der Waals surface area contributed by atoms with Crippen LogP contribution in [0.25, 0.3) is 44.1 Å². The van der Waals surface area contributed by atoms with Crippen LogP contribution in [-0.2, 0) is 0 Å². The molecule has 33 heavy (non-hydrogen) atoms. The van der Waals surface area contributed by atoms with Gasteiger partial charge in [0.05, 0.1) is 16.6 Å². The lowest BCUT2D eigenvalue weighted by atomic mass is 9.93. The average molecular weight is 455 g/mol. The number of hydrogen-bond acceptors (Lipinski definition) is 8. The summed E-state index contributed by atoms with van der Waals surface area (Å²) < 4.78 is 0. The Labute approximate surface area is 192 Å². The van der Waals surface area contributed by atoms with E-state index in [0.29, 0.717) is 11.1 Å². The molecule has 0 aliphatic rings. The summed E-state index contributed by atoms with van der Waals surface area (Å²) in [6.07, 6.45) is 5.25. The van der Waals surface area contributed by atoms with Crippen molar-refractivity contribution in [2.24, 2.45) is 0 Å². The molecule has 5 rings (SSSR count). The first-order chi connectivity index (χ1) is 15.9. The van der Waals surface area contributed by atoms with Gasteiger partial charge in [-0.05, 0) is 53.3 Å². The Hall–Kier alpha value is -4.24. The van der Waals surface area contributed by atoms with E-state index in [1.807, 2.05) is 48.7 Å². The van der Waals surface area contributed by atoms with Crippen LogP contribution in [0.1, 0.15) is 10.4 Å². The molecule has 0 spiro atoms. The molecule has 2 aromatic heterocycles. The number of aromatic carboxylic acids is 1. The van der Waals surface area contributed by atoms with Gasteiger partial charge in [-0.2, -0.15) is 0 Å². The highest BCUT2D eigenvalue weighted by molar-refractivity contribution is 7.98. The molecular weight excluding hydrogens is 436 g/mol. The van der Waals surface area contributed by atoms with Crippen LogP contribution in [0, 0.1) is 0 Å². The van der Waals surface area contributed by atoms with E-state index >= 15 is 0 Å². The molecule has 5 aromatic rings. The molecule has 3 aromatic carbocycles. The van der Waals surface area contributed by atoms with Crippen molar-refractivity contribution in [3.05, 3.63) is 66.5 Å². The largest absolute Gasteiger partial charge is 0.478 e. The van der Waals surface area contributed by atoms with Gasteiger partial charge in [0, 0.05) is 33.6 Å². The number of carboxylic acid groups (broad SMARTS) is 1. The molecule has 0 radical (unpaired) electrons. The first-order valence-corrected chi connectivity index (χ1v) is 11.2. The van der Waals surface area contributed by atoms with E-state index in [9.17, 15) is 9.90 Å². The first-order valence-electron chi connectivity index (χ1n) is 9.94. The summed E-state index contributed by atoms with van der Waals surface area (Å²) in [5, 5.41) is 11.6. The van der Waals surface area contributed by atoms with Gasteiger partial charge in [0.2, 0.25) is 11.9 Å². The van der Waals surface area contributed by atoms with Crippen molar-refractivity contribution in [3.8, 4) is 22.3 Å². The van der Waals surface area contributed by atoms with E-state index in [0.717, 1.165) is 37.9 Å². The van der Waals surface area contributed by atoms with E-state index in [-0.39, 0.29) is 17.5 Å². The molecule has 0 fully saturated rings. The monoisotopic (exact) mass is 454 g/mol. The Morgan fingerprint density at radius 3 is 2.00 bits per heavy atom. The minimum absolute atomic E-state index is 0.190. The molecule has 0 unspecified atom stereocenters. The molecule has 0 bridgehead atoms. The van der Waals surface area contributed by atoms with Crippen molar-refractivity contribution >= 4 is 51.4 Å². The van der Waals surface area contributed by atoms with Crippen molar-refractivity contribution in [2.45, 2.75) is 4.90 Å². The summed E-state index contributed by atoms with van der Waals surface area (Å²) >= 11 is 1.49. The van der Waals surface area contributed by atoms with Crippen molar-refractivity contribution in [3.63, 3.8) is 0 Å². The second-order valence-electron chi connectivity index (χ2n) is 7.38. The van der Waals surface area contributed by atoms with Crippen LogP contribution >= 0.6 is 11.8 Å². The summed E-state index contributed by atoms with van der Waals surface area (Å²) in [5.41, 5.74) is 16.3. The lowest BCUT2D eigenvalue weighted by Crippen LogP contribution is -2.02. The van der Waals surface area contributed by atoms with E-state index < -0.39 is 5.97 Å². The Bertz CT molecular complexity index is 1570. The average Bonchev–Trinajstić information content (AvgIpc) is 2.82. The maximum absolute atomic E-state index is 12.1. The standard InChI is InChI=1S/C24H18N6O2S/c1-33-21-16(12-2-6-18-14(8-12)10-27-23(25)29-18)4-5-17(22(31)32)20(21)13-3-7-19-15(9-13)11-28-24(26)30-19/h2-11H,1H3,(H,31,32)(H2,25,27,29)(H2,26,28,30). The number of rotatable bonds is 4. The van der Waals surface area contributed by atoms with Gasteiger partial charge < -0.3 is 16.6 Å². The molecule has 2 heterocycles. The number of carboxylic acids is 1. The Morgan fingerprint density at radius 2 is 1.42 bits per heavy atom. The molecule has 0 aliphatic carbocycles. The molecule has 0 saturated carbocycles. The van der Waals surface area contributed by atoms with Gasteiger partial charge in [-0.3, -0.25) is 0 Å². The van der Waals surface area contributed by atoms with Crippen LogP contribution in [0.2, 0.25) is 0 Å². The quantitative estimate of drug-likeness (QED) is 0.335. The molecular formula is C24H18N6O2S. The van der Waals surface area contributed by atoms with Crippen LogP contribution < -0.4 is 11.5 Å². The zero-order valence-electron chi connectivity index (χ0n) is 17.5. The molecule has 0 saturated heterocycles. The van der Waals surface area contributed by atoms with Crippen molar-refractivity contribution in [1.29, 1.82) is 0 Å². The van der Waals surface area contributed by atoms with E-state index in [4.69, 9.17) is 11.5 Å². The molecule has 162 valence electrons. The summed E-state index contributed by atoms with van der Waals surface area (Å²) in [7, 11) is 0. The lowest BCUT2D eigenvalue weighted by molar-refractivity contribution is 0.0697. The number of benzene rings is 3. The lowest BCUT2D eigenvalue weighted by Gasteiger charge is -2.17.